The Morgan fingerprint density at radius 2 is 1.79 bits per heavy atom. The van der Waals surface area contributed by atoms with E-state index in [0.717, 1.165) is 53.5 Å². The summed E-state index contributed by atoms with van der Waals surface area (Å²) in [5.74, 6) is 3.00. The number of fused-ring (bicyclic) bond motifs is 1. The highest BCUT2D eigenvalue weighted by atomic mass is 16.7. The van der Waals surface area contributed by atoms with Gasteiger partial charge in [-0.15, -0.1) is 0 Å². The number of hydrogen-bond acceptors (Lipinski definition) is 6. The SMILES string of the molecule is CCCCNc1nc(NCc2ccc3c(c2)OCO3)cc(-c2ccccc2)n1. The first kappa shape index (κ1) is 18.1. The first-order valence-electron chi connectivity index (χ1n) is 9.62. The molecule has 6 nitrogen and oxygen atoms in total. The molecule has 4 rings (SSSR count). The highest BCUT2D eigenvalue weighted by Crippen LogP contribution is 2.32. The Kier molecular flexibility index (Phi) is 5.56. The van der Waals surface area contributed by atoms with Crippen molar-refractivity contribution in [2.45, 2.75) is 26.3 Å². The van der Waals surface area contributed by atoms with Crippen molar-refractivity contribution in [2.24, 2.45) is 0 Å². The number of aromatic nitrogens is 2. The maximum absolute atomic E-state index is 5.46. The maximum atomic E-state index is 5.46. The van der Waals surface area contributed by atoms with Crippen LogP contribution in [0.3, 0.4) is 0 Å². The van der Waals surface area contributed by atoms with Gasteiger partial charge in [0, 0.05) is 24.7 Å². The van der Waals surface area contributed by atoms with Crippen LogP contribution in [-0.4, -0.2) is 23.3 Å². The molecule has 2 heterocycles. The molecule has 6 heteroatoms. The number of rotatable bonds is 8. The van der Waals surface area contributed by atoms with E-state index in [1.807, 2.05) is 42.5 Å². The van der Waals surface area contributed by atoms with Gasteiger partial charge in [-0.2, -0.15) is 4.98 Å². The molecule has 0 aliphatic carbocycles. The second-order valence-electron chi connectivity index (χ2n) is 6.65. The summed E-state index contributed by atoms with van der Waals surface area (Å²) in [4.78, 5) is 9.31. The lowest BCUT2D eigenvalue weighted by molar-refractivity contribution is 0.174. The number of ether oxygens (including phenoxy) is 2. The maximum Gasteiger partial charge on any atom is 0.231 e. The summed E-state index contributed by atoms with van der Waals surface area (Å²) in [5, 5.41) is 6.74. The molecule has 0 saturated carbocycles. The Morgan fingerprint density at radius 1 is 0.929 bits per heavy atom. The third-order valence-electron chi connectivity index (χ3n) is 4.52. The number of hydrogen-bond donors (Lipinski definition) is 2. The van der Waals surface area contributed by atoms with Crippen LogP contribution >= 0.6 is 0 Å². The van der Waals surface area contributed by atoms with E-state index in [2.05, 4.69) is 39.7 Å². The zero-order valence-electron chi connectivity index (χ0n) is 15.9. The molecule has 0 bridgehead atoms. The van der Waals surface area contributed by atoms with Crippen molar-refractivity contribution in [3.8, 4) is 22.8 Å². The molecular formula is C22H24N4O2. The largest absolute Gasteiger partial charge is 0.454 e. The van der Waals surface area contributed by atoms with Crippen molar-refractivity contribution in [3.63, 3.8) is 0 Å². The van der Waals surface area contributed by atoms with Gasteiger partial charge < -0.3 is 20.1 Å². The Labute approximate surface area is 164 Å². The molecule has 144 valence electrons. The van der Waals surface area contributed by atoms with Crippen LogP contribution < -0.4 is 20.1 Å². The normalized spacial score (nSPS) is 12.0. The average molecular weight is 376 g/mol. The van der Waals surface area contributed by atoms with Crippen molar-refractivity contribution < 1.29 is 9.47 Å². The second-order valence-corrected chi connectivity index (χ2v) is 6.65. The number of unbranched alkanes of at least 4 members (excludes halogenated alkanes) is 1. The lowest BCUT2D eigenvalue weighted by Crippen LogP contribution is -2.09. The summed E-state index contributed by atoms with van der Waals surface area (Å²) >= 11 is 0. The third kappa shape index (κ3) is 4.34. The lowest BCUT2D eigenvalue weighted by atomic mass is 10.1. The van der Waals surface area contributed by atoms with Crippen molar-refractivity contribution in [1.29, 1.82) is 0 Å². The van der Waals surface area contributed by atoms with Gasteiger partial charge >= 0.3 is 0 Å². The van der Waals surface area contributed by atoms with E-state index in [-0.39, 0.29) is 6.79 Å². The summed E-state index contributed by atoms with van der Waals surface area (Å²) in [6.07, 6.45) is 2.21. The molecule has 1 aliphatic rings. The van der Waals surface area contributed by atoms with Gasteiger partial charge in [-0.1, -0.05) is 49.7 Å². The molecule has 0 saturated heterocycles. The van der Waals surface area contributed by atoms with Crippen molar-refractivity contribution in [1.82, 2.24) is 9.97 Å². The van der Waals surface area contributed by atoms with Crippen molar-refractivity contribution in [2.75, 3.05) is 24.0 Å². The van der Waals surface area contributed by atoms with Gasteiger partial charge in [0.15, 0.2) is 11.5 Å². The minimum atomic E-state index is 0.283. The van der Waals surface area contributed by atoms with Gasteiger partial charge in [0.2, 0.25) is 12.7 Å². The molecular weight excluding hydrogens is 352 g/mol. The van der Waals surface area contributed by atoms with Crippen LogP contribution in [0.5, 0.6) is 11.5 Å². The monoisotopic (exact) mass is 376 g/mol. The fourth-order valence-electron chi connectivity index (χ4n) is 2.99. The summed E-state index contributed by atoms with van der Waals surface area (Å²) in [6.45, 7) is 3.94. The van der Waals surface area contributed by atoms with Crippen LogP contribution in [0.4, 0.5) is 11.8 Å². The molecule has 0 amide bonds. The third-order valence-corrected chi connectivity index (χ3v) is 4.52. The Balaban J connectivity index is 1.53. The first-order valence-corrected chi connectivity index (χ1v) is 9.62. The van der Waals surface area contributed by atoms with E-state index in [1.165, 1.54) is 0 Å². The molecule has 0 radical (unpaired) electrons. The summed E-state index contributed by atoms with van der Waals surface area (Å²) in [7, 11) is 0. The average Bonchev–Trinajstić information content (AvgIpc) is 3.21. The molecule has 0 unspecified atom stereocenters. The van der Waals surface area contributed by atoms with Crippen LogP contribution in [0.2, 0.25) is 0 Å². The molecule has 0 spiro atoms. The van der Waals surface area contributed by atoms with Crippen LogP contribution in [0.15, 0.2) is 54.6 Å². The molecule has 0 fully saturated rings. The van der Waals surface area contributed by atoms with E-state index >= 15 is 0 Å². The van der Waals surface area contributed by atoms with Gasteiger partial charge in [-0.3, -0.25) is 0 Å². The van der Waals surface area contributed by atoms with E-state index in [4.69, 9.17) is 9.47 Å². The lowest BCUT2D eigenvalue weighted by Gasteiger charge is -2.12. The molecule has 2 aromatic carbocycles. The van der Waals surface area contributed by atoms with Crippen LogP contribution in [-0.2, 0) is 6.54 Å². The standard InChI is InChI=1S/C22H24N4O2/c1-2-3-11-23-22-25-18(17-7-5-4-6-8-17)13-21(26-22)24-14-16-9-10-19-20(12-16)28-15-27-19/h4-10,12-13H,2-3,11,14-15H2,1H3,(H2,23,24,25,26). The topological polar surface area (TPSA) is 68.3 Å². The molecule has 1 aliphatic heterocycles. The fraction of sp³-hybridized carbons (Fsp3) is 0.273. The zero-order valence-corrected chi connectivity index (χ0v) is 15.9. The van der Waals surface area contributed by atoms with Crippen LogP contribution in [0, 0.1) is 0 Å². The number of nitrogens with one attached hydrogen (secondary N) is 2. The quantitative estimate of drug-likeness (QED) is 0.556. The Bertz CT molecular complexity index is 931. The minimum absolute atomic E-state index is 0.283. The van der Waals surface area contributed by atoms with E-state index < -0.39 is 0 Å². The van der Waals surface area contributed by atoms with E-state index in [1.54, 1.807) is 0 Å². The molecule has 3 aromatic rings. The summed E-state index contributed by atoms with van der Waals surface area (Å²) in [6, 6.07) is 18.1. The van der Waals surface area contributed by atoms with E-state index in [0.29, 0.717) is 12.5 Å². The predicted molar refractivity (Wildman–Crippen MR) is 111 cm³/mol. The fourth-order valence-corrected chi connectivity index (χ4v) is 2.99. The van der Waals surface area contributed by atoms with Gasteiger partial charge in [-0.25, -0.2) is 4.98 Å². The first-order chi connectivity index (χ1) is 13.8. The predicted octanol–water partition coefficient (Wildman–Crippen LogP) is 4.70. The van der Waals surface area contributed by atoms with Crippen molar-refractivity contribution >= 4 is 11.8 Å². The summed E-state index contributed by atoms with van der Waals surface area (Å²) in [5.41, 5.74) is 3.06. The number of anilines is 2. The van der Waals surface area contributed by atoms with E-state index in [9.17, 15) is 0 Å². The second kappa shape index (κ2) is 8.61. The Morgan fingerprint density at radius 3 is 2.64 bits per heavy atom. The van der Waals surface area contributed by atoms with Gasteiger partial charge in [0.25, 0.3) is 0 Å². The van der Waals surface area contributed by atoms with Crippen LogP contribution in [0.25, 0.3) is 11.3 Å². The highest BCUT2D eigenvalue weighted by Gasteiger charge is 2.13. The number of nitrogens with zero attached hydrogens (tertiary/aromatic N) is 2. The minimum Gasteiger partial charge on any atom is -0.454 e. The number of benzene rings is 2. The smallest absolute Gasteiger partial charge is 0.231 e. The molecule has 0 atom stereocenters. The zero-order chi connectivity index (χ0) is 19.2. The molecule has 28 heavy (non-hydrogen) atoms. The van der Waals surface area contributed by atoms with Gasteiger partial charge in [0.05, 0.1) is 5.69 Å². The van der Waals surface area contributed by atoms with Gasteiger partial charge in [-0.05, 0) is 24.1 Å². The van der Waals surface area contributed by atoms with Crippen molar-refractivity contribution in [3.05, 3.63) is 60.2 Å². The Hall–Kier alpha value is -3.28. The van der Waals surface area contributed by atoms with Gasteiger partial charge in [0.1, 0.15) is 5.82 Å². The molecule has 1 aromatic heterocycles. The highest BCUT2D eigenvalue weighted by molar-refractivity contribution is 5.64. The van der Waals surface area contributed by atoms with Crippen LogP contribution in [0.1, 0.15) is 25.3 Å². The summed E-state index contributed by atoms with van der Waals surface area (Å²) < 4.78 is 10.8. The molecule has 2 N–H and O–H groups in total.